The fourth-order valence-electron chi connectivity index (χ4n) is 2.46. The average molecular weight is 464 g/mol. The summed E-state index contributed by atoms with van der Waals surface area (Å²) in [4.78, 5) is 0. The van der Waals surface area contributed by atoms with E-state index in [4.69, 9.17) is 11.5 Å². The van der Waals surface area contributed by atoms with E-state index in [1.165, 1.54) is 11.1 Å². The Morgan fingerprint density at radius 2 is 0.893 bits per heavy atom. The number of benzene rings is 3. The van der Waals surface area contributed by atoms with E-state index < -0.39 is 0 Å². The molecule has 0 saturated carbocycles. The van der Waals surface area contributed by atoms with Crippen LogP contribution in [0.2, 0.25) is 0 Å². The summed E-state index contributed by atoms with van der Waals surface area (Å²) in [6.07, 6.45) is 0. The molecule has 0 saturated heterocycles. The third kappa shape index (κ3) is 8.81. The summed E-state index contributed by atoms with van der Waals surface area (Å²) in [5, 5.41) is 6.81. The molecule has 8 heteroatoms. The second kappa shape index (κ2) is 14.1. The predicted octanol–water partition coefficient (Wildman–Crippen LogP) is 5.76. The molecule has 0 aliphatic rings. The van der Waals surface area contributed by atoms with Gasteiger partial charge in [-0.15, -0.1) is 49.6 Å². The fraction of sp³-hybridized carbons (Fsp3) is 0.100. The van der Waals surface area contributed by atoms with Crippen molar-refractivity contribution in [3.63, 3.8) is 0 Å². The van der Waals surface area contributed by atoms with Crippen LogP contribution in [0.4, 0.5) is 22.7 Å². The SMILES string of the molecule is Cl.Cl.Cl.Cl.Nc1ccc(NCc2cccc(CNc3ccc(N)cc3)c2)cc1. The molecule has 0 amide bonds. The van der Waals surface area contributed by atoms with Gasteiger partial charge in [0, 0.05) is 35.8 Å². The molecule has 0 aliphatic carbocycles. The third-order valence-electron chi connectivity index (χ3n) is 3.81. The lowest BCUT2D eigenvalue weighted by Gasteiger charge is -2.10. The zero-order valence-corrected chi connectivity index (χ0v) is 18.4. The van der Waals surface area contributed by atoms with E-state index in [1.54, 1.807) is 0 Å². The first-order valence-corrected chi connectivity index (χ1v) is 7.96. The summed E-state index contributed by atoms with van der Waals surface area (Å²) >= 11 is 0. The minimum absolute atomic E-state index is 0. The van der Waals surface area contributed by atoms with Crippen molar-refractivity contribution in [3.05, 3.63) is 83.9 Å². The topological polar surface area (TPSA) is 76.1 Å². The Labute approximate surface area is 191 Å². The van der Waals surface area contributed by atoms with Crippen LogP contribution in [0.1, 0.15) is 11.1 Å². The first-order chi connectivity index (χ1) is 11.7. The highest BCUT2D eigenvalue weighted by molar-refractivity contribution is 5.86. The van der Waals surface area contributed by atoms with E-state index in [0.717, 1.165) is 35.8 Å². The maximum absolute atomic E-state index is 5.70. The van der Waals surface area contributed by atoms with Gasteiger partial charge in [-0.3, -0.25) is 0 Å². The van der Waals surface area contributed by atoms with Crippen molar-refractivity contribution in [2.24, 2.45) is 0 Å². The van der Waals surface area contributed by atoms with E-state index >= 15 is 0 Å². The molecule has 0 spiro atoms. The number of hydrogen-bond donors (Lipinski definition) is 4. The van der Waals surface area contributed by atoms with E-state index in [2.05, 4.69) is 34.9 Å². The number of hydrogen-bond acceptors (Lipinski definition) is 4. The summed E-state index contributed by atoms with van der Waals surface area (Å²) in [5.41, 5.74) is 17.6. The molecule has 0 fully saturated rings. The van der Waals surface area contributed by atoms with Crippen molar-refractivity contribution < 1.29 is 0 Å². The summed E-state index contributed by atoms with van der Waals surface area (Å²) in [6, 6.07) is 24.1. The maximum atomic E-state index is 5.70. The molecule has 0 radical (unpaired) electrons. The molecular weight excluding hydrogens is 438 g/mol. The van der Waals surface area contributed by atoms with E-state index in [1.807, 2.05) is 48.5 Å². The van der Waals surface area contributed by atoms with Gasteiger partial charge in [-0.05, 0) is 59.7 Å². The van der Waals surface area contributed by atoms with Crippen LogP contribution in [0.25, 0.3) is 0 Å². The molecule has 28 heavy (non-hydrogen) atoms. The van der Waals surface area contributed by atoms with Crippen LogP contribution in [-0.2, 0) is 13.1 Å². The van der Waals surface area contributed by atoms with Crippen LogP contribution in [-0.4, -0.2) is 0 Å². The molecular formula is C20H26Cl4N4. The Balaban J connectivity index is 0. The van der Waals surface area contributed by atoms with Crippen LogP contribution >= 0.6 is 49.6 Å². The molecule has 4 nitrogen and oxygen atoms in total. The quantitative estimate of drug-likeness (QED) is 0.350. The fourth-order valence-corrected chi connectivity index (χ4v) is 2.46. The Morgan fingerprint density at radius 1 is 0.536 bits per heavy atom. The lowest BCUT2D eigenvalue weighted by molar-refractivity contribution is 1.10. The van der Waals surface area contributed by atoms with Crippen LogP contribution < -0.4 is 22.1 Å². The number of rotatable bonds is 6. The van der Waals surface area contributed by atoms with Crippen LogP contribution in [0.5, 0.6) is 0 Å². The number of nitrogens with one attached hydrogen (secondary N) is 2. The predicted molar refractivity (Wildman–Crippen MR) is 132 cm³/mol. The van der Waals surface area contributed by atoms with Crippen molar-refractivity contribution in [3.8, 4) is 0 Å². The molecule has 3 rings (SSSR count). The lowest BCUT2D eigenvalue weighted by Crippen LogP contribution is -2.03. The van der Waals surface area contributed by atoms with Gasteiger partial charge in [-0.1, -0.05) is 24.3 Å². The molecule has 0 heterocycles. The van der Waals surface area contributed by atoms with Crippen LogP contribution in [0.3, 0.4) is 0 Å². The molecule has 3 aromatic carbocycles. The van der Waals surface area contributed by atoms with Crippen molar-refractivity contribution in [2.45, 2.75) is 13.1 Å². The average Bonchev–Trinajstić information content (AvgIpc) is 2.61. The van der Waals surface area contributed by atoms with Crippen LogP contribution in [0, 0.1) is 0 Å². The van der Waals surface area contributed by atoms with Gasteiger partial charge in [0.15, 0.2) is 0 Å². The Kier molecular flexibility index (Phi) is 14.2. The second-order valence-corrected chi connectivity index (χ2v) is 5.77. The summed E-state index contributed by atoms with van der Waals surface area (Å²) in [6.45, 7) is 1.55. The number of halogens is 4. The molecule has 0 aromatic heterocycles. The van der Waals surface area contributed by atoms with Crippen molar-refractivity contribution in [1.29, 1.82) is 0 Å². The highest BCUT2D eigenvalue weighted by Gasteiger charge is 1.98. The molecule has 0 unspecified atom stereocenters. The molecule has 6 N–H and O–H groups in total. The van der Waals surface area contributed by atoms with E-state index in [9.17, 15) is 0 Å². The maximum Gasteiger partial charge on any atom is 0.0400 e. The van der Waals surface area contributed by atoms with Crippen LogP contribution in [0.15, 0.2) is 72.8 Å². The smallest absolute Gasteiger partial charge is 0.0400 e. The van der Waals surface area contributed by atoms with Gasteiger partial charge in [0.05, 0.1) is 0 Å². The highest BCUT2D eigenvalue weighted by Crippen LogP contribution is 2.15. The molecule has 0 bridgehead atoms. The van der Waals surface area contributed by atoms with Gasteiger partial charge in [0.25, 0.3) is 0 Å². The largest absolute Gasteiger partial charge is 0.399 e. The summed E-state index contributed by atoms with van der Waals surface area (Å²) < 4.78 is 0. The van der Waals surface area contributed by atoms with E-state index in [0.29, 0.717) is 0 Å². The molecule has 0 atom stereocenters. The summed E-state index contributed by atoms with van der Waals surface area (Å²) in [5.74, 6) is 0. The van der Waals surface area contributed by atoms with Gasteiger partial charge in [-0.2, -0.15) is 0 Å². The first-order valence-electron chi connectivity index (χ1n) is 7.96. The molecule has 0 aliphatic heterocycles. The Hall–Kier alpha value is -1.98. The lowest BCUT2D eigenvalue weighted by atomic mass is 10.1. The zero-order chi connectivity index (χ0) is 16.8. The highest BCUT2D eigenvalue weighted by atomic mass is 35.5. The minimum Gasteiger partial charge on any atom is -0.399 e. The van der Waals surface area contributed by atoms with Gasteiger partial charge >= 0.3 is 0 Å². The van der Waals surface area contributed by atoms with E-state index in [-0.39, 0.29) is 49.6 Å². The Bertz CT molecular complexity index is 731. The Morgan fingerprint density at radius 3 is 1.25 bits per heavy atom. The third-order valence-corrected chi connectivity index (χ3v) is 3.81. The number of nitrogen functional groups attached to an aromatic ring is 2. The molecule has 154 valence electrons. The molecule has 3 aromatic rings. The van der Waals surface area contributed by atoms with Crippen molar-refractivity contribution in [1.82, 2.24) is 0 Å². The van der Waals surface area contributed by atoms with Gasteiger partial charge in [0.2, 0.25) is 0 Å². The number of anilines is 4. The normalized spacial score (nSPS) is 8.86. The van der Waals surface area contributed by atoms with Crippen molar-refractivity contribution >= 4 is 72.4 Å². The zero-order valence-electron chi connectivity index (χ0n) is 15.1. The first kappa shape index (κ1) is 28.2. The van der Waals surface area contributed by atoms with Gasteiger partial charge in [0.1, 0.15) is 0 Å². The second-order valence-electron chi connectivity index (χ2n) is 5.77. The standard InChI is InChI=1S/C20H22N4.4ClH/c21-17-4-8-19(9-5-17)23-13-15-2-1-3-16(12-15)14-24-20-10-6-18(22)7-11-20;;;;/h1-12,23-24H,13-14,21-22H2;4*1H. The van der Waals surface area contributed by atoms with Crippen molar-refractivity contribution in [2.75, 3.05) is 22.1 Å². The van der Waals surface area contributed by atoms with Gasteiger partial charge < -0.3 is 22.1 Å². The number of nitrogens with two attached hydrogens (primary N) is 2. The summed E-state index contributed by atoms with van der Waals surface area (Å²) in [7, 11) is 0. The minimum atomic E-state index is 0. The van der Waals surface area contributed by atoms with Gasteiger partial charge in [-0.25, -0.2) is 0 Å². The monoisotopic (exact) mass is 462 g/mol.